The molecule has 0 aliphatic carbocycles. The van der Waals surface area contributed by atoms with E-state index in [4.69, 9.17) is 4.98 Å². The van der Waals surface area contributed by atoms with Gasteiger partial charge in [0.25, 0.3) is 0 Å². The zero-order chi connectivity index (χ0) is 53.4. The molecule has 0 atom stereocenters. The molecule has 380 valence electrons. The molecule has 10 heteroatoms. The van der Waals surface area contributed by atoms with Crippen LogP contribution in [0.25, 0.3) is 61.1 Å². The summed E-state index contributed by atoms with van der Waals surface area (Å²) >= 11 is 0. The average molecular weight is 1030 g/mol. The van der Waals surface area contributed by atoms with Gasteiger partial charge in [-0.2, -0.15) is 26.3 Å². The van der Waals surface area contributed by atoms with Gasteiger partial charge in [-0.05, 0) is 131 Å². The van der Waals surface area contributed by atoms with Crippen molar-refractivity contribution in [3.63, 3.8) is 0 Å². The van der Waals surface area contributed by atoms with Crippen molar-refractivity contribution in [2.24, 2.45) is 0 Å². The molecule has 2 aromatic heterocycles. The summed E-state index contributed by atoms with van der Waals surface area (Å²) in [6.07, 6.45) is -11.6. The van der Waals surface area contributed by atoms with Crippen LogP contribution in [0.2, 0.25) is 0 Å². The summed E-state index contributed by atoms with van der Waals surface area (Å²) in [5.74, 6) is 0. The number of alkyl halides is 6. The molecule has 0 saturated carbocycles. The predicted molar refractivity (Wildman–Crippen MR) is 304 cm³/mol. The predicted octanol–water partition coefficient (Wildman–Crippen LogP) is 19.5. The van der Waals surface area contributed by atoms with Crippen LogP contribution >= 0.6 is 0 Å². The molecule has 78 heavy (non-hydrogen) atoms. The first-order chi connectivity index (χ1) is 38.0. The van der Waals surface area contributed by atoms with Crippen molar-refractivity contribution in [3.8, 4) is 39.3 Å². The fourth-order valence-corrected chi connectivity index (χ4v) is 10.7. The maximum absolute atomic E-state index is 15.9. The Balaban J connectivity index is 1.00. The van der Waals surface area contributed by atoms with Gasteiger partial charge in [-0.1, -0.05) is 170 Å². The average Bonchev–Trinajstić information content (AvgIpc) is 3.99. The maximum atomic E-state index is 15.9. The van der Waals surface area contributed by atoms with Crippen LogP contribution in [0.1, 0.15) is 11.1 Å². The fraction of sp³-hybridized carbons (Fsp3) is 0.0441. The Morgan fingerprint density at radius 3 is 0.974 bits per heavy atom. The third-order valence-electron chi connectivity index (χ3n) is 14.3. The first-order valence-corrected chi connectivity index (χ1v) is 25.3. The first kappa shape index (κ1) is 49.2. The lowest BCUT2D eigenvalue weighted by molar-refractivity contribution is -0.288. The summed E-state index contributed by atoms with van der Waals surface area (Å²) in [5, 5.41) is 1.62. The quantitative estimate of drug-likeness (QED) is 0.114. The van der Waals surface area contributed by atoms with E-state index in [-0.39, 0.29) is 0 Å². The number of fused-ring (bicyclic) bond motifs is 3. The van der Waals surface area contributed by atoms with E-state index in [2.05, 4.69) is 21.9 Å². The molecule has 0 saturated heterocycles. The number of rotatable bonds is 12. The van der Waals surface area contributed by atoms with E-state index in [1.165, 1.54) is 24.3 Å². The minimum atomic E-state index is -5.81. The Kier molecular flexibility index (Phi) is 12.7. The van der Waals surface area contributed by atoms with E-state index in [0.29, 0.717) is 39.2 Å². The highest BCUT2D eigenvalue weighted by molar-refractivity contribution is 6.12. The second kappa shape index (κ2) is 20.1. The molecule has 0 amide bonds. The summed E-state index contributed by atoms with van der Waals surface area (Å²) in [6.45, 7) is 0. The molecule has 0 N–H and O–H groups in total. The Hall–Kier alpha value is -9.67. The minimum absolute atomic E-state index is 0.375. The number of hydrogen-bond donors (Lipinski definition) is 0. The molecule has 0 radical (unpaired) electrons. The summed E-state index contributed by atoms with van der Waals surface area (Å²) in [4.78, 5) is 9.17. The van der Waals surface area contributed by atoms with Crippen LogP contribution in [-0.4, -0.2) is 21.9 Å². The van der Waals surface area contributed by atoms with Crippen LogP contribution < -0.4 is 9.80 Å². The maximum Gasteiger partial charge on any atom is 0.411 e. The molecular weight excluding hydrogens is 987 g/mol. The molecule has 0 fully saturated rings. The third-order valence-corrected chi connectivity index (χ3v) is 14.3. The molecule has 4 nitrogen and oxygen atoms in total. The molecule has 0 unspecified atom stereocenters. The zero-order valence-corrected chi connectivity index (χ0v) is 41.6. The van der Waals surface area contributed by atoms with Gasteiger partial charge in [0, 0.05) is 61.7 Å². The highest BCUT2D eigenvalue weighted by atomic mass is 19.4. The number of hydrogen-bond acceptors (Lipinski definition) is 3. The molecular formula is C68H46F6N4. The number of pyridine rings is 1. The lowest BCUT2D eigenvalue weighted by atomic mass is 9.72. The fourth-order valence-electron chi connectivity index (χ4n) is 10.7. The van der Waals surface area contributed by atoms with Crippen LogP contribution in [0.3, 0.4) is 0 Å². The summed E-state index contributed by atoms with van der Waals surface area (Å²) in [6, 6.07) is 83.4. The largest absolute Gasteiger partial charge is 0.411 e. The standard InChI is InChI=1S/C68H46F6N4/c69-67(70,71)66(68(72,73)74,51-33-31-47(32-34-51)50-43-62(48-19-7-1-8-20-48)75-63(44-50)49-21-9-2-10-22-49)52-35-37-57(38-36-52)78-64-41-39-58(76(53-23-11-3-12-24-53)54-25-13-4-14-26-54)45-60(64)61-46-59(40-42-65(61)78)77(55-27-15-5-16-28-55)56-29-17-6-18-30-56/h1-46H. The number of aromatic nitrogens is 2. The first-order valence-electron chi connectivity index (χ1n) is 25.3. The topological polar surface area (TPSA) is 24.3 Å². The number of halogens is 6. The Morgan fingerprint density at radius 2 is 0.628 bits per heavy atom. The van der Waals surface area contributed by atoms with Crippen LogP contribution in [0.5, 0.6) is 0 Å². The van der Waals surface area contributed by atoms with Crippen LogP contribution in [0.15, 0.2) is 279 Å². The van der Waals surface area contributed by atoms with Gasteiger partial charge in [-0.25, -0.2) is 4.98 Å². The van der Waals surface area contributed by atoms with E-state index in [1.807, 2.05) is 211 Å². The monoisotopic (exact) mass is 1030 g/mol. The number of benzene rings is 10. The van der Waals surface area contributed by atoms with Gasteiger partial charge >= 0.3 is 12.4 Å². The minimum Gasteiger partial charge on any atom is -0.310 e. The molecule has 0 spiro atoms. The van der Waals surface area contributed by atoms with Gasteiger partial charge in [0.2, 0.25) is 5.41 Å². The number of nitrogens with zero attached hydrogens (tertiary/aromatic N) is 4. The van der Waals surface area contributed by atoms with Crippen LogP contribution in [0.4, 0.5) is 60.5 Å². The van der Waals surface area contributed by atoms with E-state index >= 15 is 26.3 Å². The molecule has 0 bridgehead atoms. The van der Waals surface area contributed by atoms with Gasteiger partial charge in [0.1, 0.15) is 0 Å². The highest BCUT2D eigenvalue weighted by Gasteiger charge is 2.72. The lowest BCUT2D eigenvalue weighted by Gasteiger charge is -2.38. The lowest BCUT2D eigenvalue weighted by Crippen LogP contribution is -2.54. The SMILES string of the molecule is FC(F)(F)C(c1ccc(-c2cc(-c3ccccc3)nc(-c3ccccc3)c2)cc1)(c1ccc(-n2c3ccc(N(c4ccccc4)c4ccccc4)cc3c3cc(N(c4ccccc4)c4ccccc4)ccc32)cc1)C(F)(F)F. The third kappa shape index (κ3) is 8.90. The second-order valence-electron chi connectivity index (χ2n) is 19.0. The normalized spacial score (nSPS) is 12.0. The van der Waals surface area contributed by atoms with Gasteiger partial charge in [0.05, 0.1) is 22.4 Å². The van der Waals surface area contributed by atoms with E-state index < -0.39 is 28.9 Å². The van der Waals surface area contributed by atoms with Gasteiger partial charge in [0.15, 0.2) is 0 Å². The van der Waals surface area contributed by atoms with Crippen LogP contribution in [-0.2, 0) is 5.41 Å². The Labute approximate surface area is 447 Å². The van der Waals surface area contributed by atoms with Crippen molar-refractivity contribution in [1.82, 2.24) is 9.55 Å². The van der Waals surface area contributed by atoms with Gasteiger partial charge in [-0.3, -0.25) is 0 Å². The summed E-state index contributed by atoms with van der Waals surface area (Å²) in [5.41, 5.74) is 4.61. The summed E-state index contributed by atoms with van der Waals surface area (Å²) < 4.78 is 97.3. The van der Waals surface area contributed by atoms with E-state index in [0.717, 1.165) is 80.3 Å². The molecule has 12 aromatic rings. The van der Waals surface area contributed by atoms with Crippen molar-refractivity contribution in [1.29, 1.82) is 0 Å². The van der Waals surface area contributed by atoms with Gasteiger partial charge in [-0.15, -0.1) is 0 Å². The van der Waals surface area contributed by atoms with Gasteiger partial charge < -0.3 is 14.4 Å². The molecule has 12 rings (SSSR count). The number of para-hydroxylation sites is 4. The summed E-state index contributed by atoms with van der Waals surface area (Å²) in [7, 11) is 0. The Morgan fingerprint density at radius 1 is 0.295 bits per heavy atom. The number of anilines is 6. The van der Waals surface area contributed by atoms with E-state index in [9.17, 15) is 0 Å². The van der Waals surface area contributed by atoms with Crippen molar-refractivity contribution in [3.05, 3.63) is 290 Å². The molecule has 2 heterocycles. The van der Waals surface area contributed by atoms with E-state index in [1.54, 1.807) is 12.1 Å². The zero-order valence-electron chi connectivity index (χ0n) is 41.6. The van der Waals surface area contributed by atoms with Crippen molar-refractivity contribution in [2.75, 3.05) is 9.80 Å². The molecule has 0 aliphatic heterocycles. The molecule has 0 aliphatic rings. The van der Waals surface area contributed by atoms with Crippen molar-refractivity contribution in [2.45, 2.75) is 17.8 Å². The van der Waals surface area contributed by atoms with Crippen LogP contribution in [0, 0.1) is 0 Å². The smallest absolute Gasteiger partial charge is 0.310 e. The highest BCUT2D eigenvalue weighted by Crippen LogP contribution is 2.57. The molecule has 10 aromatic carbocycles. The second-order valence-corrected chi connectivity index (χ2v) is 19.0. The van der Waals surface area contributed by atoms with Crippen molar-refractivity contribution >= 4 is 55.9 Å². The Bertz CT molecular complexity index is 3730. The van der Waals surface area contributed by atoms with Crippen molar-refractivity contribution < 1.29 is 26.3 Å².